The average Bonchev–Trinajstić information content (AvgIpc) is 3.23. The SMILES string of the molecule is CC[C@H]1[C@@H](OC(=O)c2cccc(I)c2)C2C3CC[C@](Cl)([C@H](C)CCC(=O)OC)[C@@]3(C)CCC2[C@@]2(C)CC[C@@H](C)C[C@@H]12. The number of rotatable bonds is 7. The van der Waals surface area contributed by atoms with Crippen molar-refractivity contribution in [2.24, 2.45) is 52.3 Å². The van der Waals surface area contributed by atoms with Crippen molar-refractivity contribution in [2.75, 3.05) is 7.11 Å². The molecule has 41 heavy (non-hydrogen) atoms. The van der Waals surface area contributed by atoms with E-state index in [-0.39, 0.29) is 39.7 Å². The first-order valence-corrected chi connectivity index (χ1v) is 17.6. The highest BCUT2D eigenvalue weighted by Crippen LogP contribution is 2.72. The summed E-state index contributed by atoms with van der Waals surface area (Å²) >= 11 is 10.0. The molecule has 0 bridgehead atoms. The summed E-state index contributed by atoms with van der Waals surface area (Å²) in [6, 6.07) is 7.81. The quantitative estimate of drug-likeness (QED) is 0.162. The zero-order valence-corrected chi connectivity index (χ0v) is 28.8. The second-order valence-corrected chi connectivity index (χ2v) is 16.5. The van der Waals surface area contributed by atoms with Crippen LogP contribution in [-0.2, 0) is 14.3 Å². The van der Waals surface area contributed by atoms with Crippen LogP contribution in [0, 0.1) is 55.8 Å². The van der Waals surface area contributed by atoms with Crippen molar-refractivity contribution in [3.8, 4) is 0 Å². The zero-order chi connectivity index (χ0) is 29.7. The molecule has 0 heterocycles. The van der Waals surface area contributed by atoms with E-state index in [1.54, 1.807) is 0 Å². The highest BCUT2D eigenvalue weighted by molar-refractivity contribution is 14.1. The van der Waals surface area contributed by atoms with Crippen LogP contribution in [0.25, 0.3) is 0 Å². The Labute approximate surface area is 266 Å². The second-order valence-electron chi connectivity index (χ2n) is 14.6. The highest BCUT2D eigenvalue weighted by Gasteiger charge is 2.69. The number of esters is 2. The van der Waals surface area contributed by atoms with Crippen LogP contribution >= 0.6 is 34.2 Å². The first kappa shape index (κ1) is 31.6. The van der Waals surface area contributed by atoms with E-state index in [1.807, 2.05) is 24.3 Å². The lowest BCUT2D eigenvalue weighted by molar-refractivity contribution is -0.197. The Morgan fingerprint density at radius 2 is 1.83 bits per heavy atom. The largest absolute Gasteiger partial charge is 0.469 e. The van der Waals surface area contributed by atoms with Crippen LogP contribution < -0.4 is 0 Å². The summed E-state index contributed by atoms with van der Waals surface area (Å²) in [5, 5.41) is 0. The lowest BCUT2D eigenvalue weighted by atomic mass is 9.41. The summed E-state index contributed by atoms with van der Waals surface area (Å²) < 4.78 is 12.8. The molecule has 1 aromatic rings. The van der Waals surface area contributed by atoms with E-state index in [1.165, 1.54) is 26.4 Å². The highest BCUT2D eigenvalue weighted by atomic mass is 127. The van der Waals surface area contributed by atoms with Crippen LogP contribution in [0.15, 0.2) is 24.3 Å². The van der Waals surface area contributed by atoms with Gasteiger partial charge in [0.15, 0.2) is 0 Å². The van der Waals surface area contributed by atoms with E-state index in [0.29, 0.717) is 41.6 Å². The Morgan fingerprint density at radius 1 is 1.10 bits per heavy atom. The molecular formula is C35H50ClIO4. The summed E-state index contributed by atoms with van der Waals surface area (Å²) in [5.41, 5.74) is 0.863. The molecule has 0 aliphatic heterocycles. The molecule has 0 aromatic heterocycles. The number of methoxy groups -OCH3 is 1. The van der Waals surface area contributed by atoms with Gasteiger partial charge in [-0.15, -0.1) is 11.6 Å². The fourth-order valence-electron chi connectivity index (χ4n) is 10.6. The van der Waals surface area contributed by atoms with Gasteiger partial charge >= 0.3 is 11.9 Å². The summed E-state index contributed by atoms with van der Waals surface area (Å²) in [7, 11) is 1.46. The van der Waals surface area contributed by atoms with Crippen molar-refractivity contribution in [1.82, 2.24) is 0 Å². The molecule has 0 spiro atoms. The molecule has 3 unspecified atom stereocenters. The van der Waals surface area contributed by atoms with Crippen LogP contribution in [-0.4, -0.2) is 30.0 Å². The number of carbonyl (C=O) groups excluding carboxylic acids is 2. The number of hydrogen-bond donors (Lipinski definition) is 0. The predicted octanol–water partition coefficient (Wildman–Crippen LogP) is 9.31. The Bertz CT molecular complexity index is 1140. The van der Waals surface area contributed by atoms with Crippen molar-refractivity contribution in [2.45, 2.75) is 110 Å². The van der Waals surface area contributed by atoms with Crippen molar-refractivity contribution < 1.29 is 19.1 Å². The molecule has 0 amide bonds. The maximum absolute atomic E-state index is 13.8. The van der Waals surface area contributed by atoms with Crippen molar-refractivity contribution in [3.63, 3.8) is 0 Å². The monoisotopic (exact) mass is 696 g/mol. The van der Waals surface area contributed by atoms with Gasteiger partial charge in [0.25, 0.3) is 0 Å². The fraction of sp³-hybridized carbons (Fsp3) is 0.771. The van der Waals surface area contributed by atoms with E-state index in [9.17, 15) is 9.59 Å². The molecule has 4 fully saturated rings. The second kappa shape index (κ2) is 11.9. The van der Waals surface area contributed by atoms with Crippen LogP contribution in [0.3, 0.4) is 0 Å². The molecule has 11 atom stereocenters. The predicted molar refractivity (Wildman–Crippen MR) is 173 cm³/mol. The third-order valence-corrected chi connectivity index (χ3v) is 14.6. The van der Waals surface area contributed by atoms with Gasteiger partial charge < -0.3 is 9.47 Å². The number of hydrogen-bond acceptors (Lipinski definition) is 4. The van der Waals surface area contributed by atoms with Gasteiger partial charge in [0, 0.05) is 15.9 Å². The minimum Gasteiger partial charge on any atom is -0.469 e. The first-order chi connectivity index (χ1) is 19.4. The summed E-state index contributed by atoms with van der Waals surface area (Å²) in [5.74, 6) is 2.78. The number of halogens is 2. The van der Waals surface area contributed by atoms with Crippen molar-refractivity contribution in [1.29, 1.82) is 0 Å². The van der Waals surface area contributed by atoms with Crippen LogP contribution in [0.4, 0.5) is 0 Å². The minimum atomic E-state index is -0.374. The standard InChI is InChI=1S/C35H50ClIO4/c1-7-25-28-19-21(2)13-16-33(28,4)26-14-17-34(5)27(15-18-35(34,36)22(3)11-12-29(38)40-6)30(26)31(25)41-32(39)23-9-8-10-24(37)20-23/h8-10,20-22,25-28,30-31H,7,11-19H2,1-6H3/t21-,22-,25-,26?,27?,28+,30?,31-,33-,34+,35+/m1/s1. The topological polar surface area (TPSA) is 52.6 Å². The molecule has 0 radical (unpaired) electrons. The number of ether oxygens (including phenoxy) is 2. The number of benzene rings is 1. The normalized spacial score (nSPS) is 42.4. The summed E-state index contributed by atoms with van der Waals surface area (Å²) in [6.45, 7) is 12.0. The lowest BCUT2D eigenvalue weighted by Gasteiger charge is -2.65. The minimum absolute atomic E-state index is 0.0680. The number of carbonyl (C=O) groups is 2. The molecule has 6 heteroatoms. The summed E-state index contributed by atoms with van der Waals surface area (Å²) in [4.78, 5) is 25.4. The fourth-order valence-corrected chi connectivity index (χ4v) is 11.6. The van der Waals surface area contributed by atoms with Crippen LogP contribution in [0.5, 0.6) is 0 Å². The molecule has 0 N–H and O–H groups in total. The van der Waals surface area contributed by atoms with Gasteiger partial charge in [-0.1, -0.05) is 47.1 Å². The van der Waals surface area contributed by atoms with Gasteiger partial charge in [-0.05, 0) is 138 Å². The molecule has 5 rings (SSSR count). The number of fused-ring (bicyclic) bond motifs is 5. The maximum Gasteiger partial charge on any atom is 0.338 e. The Hall–Kier alpha value is -0.820. The smallest absolute Gasteiger partial charge is 0.338 e. The molecule has 4 aliphatic rings. The van der Waals surface area contributed by atoms with E-state index >= 15 is 0 Å². The Kier molecular flexibility index (Phi) is 9.20. The van der Waals surface area contributed by atoms with E-state index in [2.05, 4.69) is 57.2 Å². The number of alkyl halides is 1. The molecule has 4 saturated carbocycles. The molecule has 4 aliphatic carbocycles. The molecule has 228 valence electrons. The van der Waals surface area contributed by atoms with E-state index in [4.69, 9.17) is 21.1 Å². The third-order valence-electron chi connectivity index (χ3n) is 12.9. The van der Waals surface area contributed by atoms with Crippen LogP contribution in [0.1, 0.15) is 109 Å². The molecular weight excluding hydrogens is 647 g/mol. The Balaban J connectivity index is 1.53. The van der Waals surface area contributed by atoms with Gasteiger partial charge in [0.2, 0.25) is 0 Å². The zero-order valence-electron chi connectivity index (χ0n) is 25.9. The van der Waals surface area contributed by atoms with Gasteiger partial charge in [0.1, 0.15) is 6.10 Å². The summed E-state index contributed by atoms with van der Waals surface area (Å²) in [6.07, 6.45) is 10.2. The van der Waals surface area contributed by atoms with Crippen molar-refractivity contribution >= 4 is 46.1 Å². The molecule has 1 aromatic carbocycles. The average molecular weight is 697 g/mol. The Morgan fingerprint density at radius 3 is 2.51 bits per heavy atom. The third kappa shape index (κ3) is 5.29. The van der Waals surface area contributed by atoms with Gasteiger partial charge in [-0.3, -0.25) is 4.79 Å². The van der Waals surface area contributed by atoms with Gasteiger partial charge in [-0.2, -0.15) is 0 Å². The van der Waals surface area contributed by atoms with Gasteiger partial charge in [-0.25, -0.2) is 4.79 Å². The van der Waals surface area contributed by atoms with Crippen LogP contribution in [0.2, 0.25) is 0 Å². The molecule has 0 saturated heterocycles. The lowest BCUT2D eigenvalue weighted by Crippen LogP contribution is -2.63. The maximum atomic E-state index is 13.8. The van der Waals surface area contributed by atoms with E-state index in [0.717, 1.165) is 48.0 Å². The molecule has 4 nitrogen and oxygen atoms in total. The van der Waals surface area contributed by atoms with Gasteiger partial charge in [0.05, 0.1) is 17.5 Å². The van der Waals surface area contributed by atoms with E-state index < -0.39 is 0 Å². The first-order valence-electron chi connectivity index (χ1n) is 16.1. The van der Waals surface area contributed by atoms with Crippen molar-refractivity contribution in [3.05, 3.63) is 33.4 Å².